The van der Waals surface area contributed by atoms with Crippen molar-refractivity contribution in [2.24, 2.45) is 30.7 Å². The molecule has 7 aromatic rings. The standard InChI is InChI=1S/C34H22N20/c1-19-31(43-45-33-21(16-35)17-39-51(33)29-8-4-6-12-37-29)27-14-24(49-53(27)47-19)22-10-11-23(42-41-22)25-15-28-32(20(2)48-54(28)50-25)44-46-34-26(36-3)18-40-52(34)30-9-5-7-13-38-30/h4-13,17-18H,14-15H2,1-2H3. The van der Waals surface area contributed by atoms with Gasteiger partial charge in [0.15, 0.2) is 23.3 Å². The Labute approximate surface area is 304 Å². The fourth-order valence-corrected chi connectivity index (χ4v) is 5.89. The van der Waals surface area contributed by atoms with Crippen molar-refractivity contribution in [2.75, 3.05) is 0 Å². The lowest BCUT2D eigenvalue weighted by Crippen LogP contribution is -2.10. The van der Waals surface area contributed by atoms with Crippen LogP contribution in [-0.4, -0.2) is 70.9 Å². The van der Waals surface area contributed by atoms with Crippen molar-refractivity contribution >= 4 is 40.1 Å². The lowest BCUT2D eigenvalue weighted by Gasteiger charge is -2.03. The summed E-state index contributed by atoms with van der Waals surface area (Å²) in [5.74, 6) is 1.52. The van der Waals surface area contributed by atoms with E-state index in [1.54, 1.807) is 36.7 Å². The Kier molecular flexibility index (Phi) is 7.52. The minimum Gasteiger partial charge on any atom is -0.237 e. The molecular formula is C34H22N20. The molecule has 0 amide bonds. The monoisotopic (exact) mass is 710 g/mol. The Morgan fingerprint density at radius 2 is 1.24 bits per heavy atom. The number of fused-ring (bicyclic) bond motifs is 2. The van der Waals surface area contributed by atoms with Crippen molar-refractivity contribution in [2.45, 2.75) is 26.7 Å². The van der Waals surface area contributed by atoms with Crippen LogP contribution in [-0.2, 0) is 12.8 Å². The first-order valence-corrected chi connectivity index (χ1v) is 16.3. The predicted octanol–water partition coefficient (Wildman–Crippen LogP) is 5.52. The molecule has 0 spiro atoms. The van der Waals surface area contributed by atoms with Crippen molar-refractivity contribution in [1.82, 2.24) is 59.5 Å². The minimum atomic E-state index is 0.239. The minimum absolute atomic E-state index is 0.239. The second-order valence-electron chi connectivity index (χ2n) is 11.8. The highest BCUT2D eigenvalue weighted by Crippen LogP contribution is 2.35. The lowest BCUT2D eigenvalue weighted by atomic mass is 10.1. The van der Waals surface area contributed by atoms with Gasteiger partial charge in [0.05, 0.1) is 53.2 Å². The van der Waals surface area contributed by atoms with Gasteiger partial charge in [-0.05, 0) is 50.2 Å². The third kappa shape index (κ3) is 5.39. The van der Waals surface area contributed by atoms with Crippen molar-refractivity contribution in [1.29, 1.82) is 5.26 Å². The van der Waals surface area contributed by atoms with Crippen LogP contribution in [0.25, 0.3) is 16.5 Å². The summed E-state index contributed by atoms with van der Waals surface area (Å²) in [7, 11) is 0. The summed E-state index contributed by atoms with van der Waals surface area (Å²) >= 11 is 0. The van der Waals surface area contributed by atoms with Gasteiger partial charge >= 0.3 is 0 Å². The zero-order valence-electron chi connectivity index (χ0n) is 28.3. The molecule has 54 heavy (non-hydrogen) atoms. The van der Waals surface area contributed by atoms with Crippen LogP contribution in [0.1, 0.15) is 39.7 Å². The molecule has 9 heterocycles. The number of aryl methyl sites for hydroxylation is 2. The molecule has 0 radical (unpaired) electrons. The molecule has 0 N–H and O–H groups in total. The molecule has 0 aliphatic carbocycles. The molecule has 20 nitrogen and oxygen atoms in total. The van der Waals surface area contributed by atoms with Crippen molar-refractivity contribution in [3.05, 3.63) is 124 Å². The van der Waals surface area contributed by atoms with Crippen molar-refractivity contribution in [3.8, 4) is 17.7 Å². The van der Waals surface area contributed by atoms with E-state index in [2.05, 4.69) is 82.1 Å². The normalized spacial score (nSPS) is 13.3. The van der Waals surface area contributed by atoms with E-state index < -0.39 is 0 Å². The van der Waals surface area contributed by atoms with Gasteiger partial charge in [0.25, 0.3) is 5.69 Å². The smallest absolute Gasteiger partial charge is 0.237 e. The van der Waals surface area contributed by atoms with Gasteiger partial charge in [0.1, 0.15) is 34.4 Å². The average molecular weight is 711 g/mol. The van der Waals surface area contributed by atoms with E-state index in [1.165, 1.54) is 31.3 Å². The molecule has 0 atom stereocenters. The SMILES string of the molecule is [C-]#[N+]c1cnn(-c2ccccn2)c1N=Nc1c(C)nn2c1CC(c1ccc(C3=Nn4nc(C)c(N=Nc5c(C#N)cnn5-c5ccccn5)c4C3)nn1)=N2. The second kappa shape index (κ2) is 12.8. The first-order valence-electron chi connectivity index (χ1n) is 16.3. The molecule has 0 unspecified atom stereocenters. The highest BCUT2D eigenvalue weighted by Gasteiger charge is 2.28. The zero-order valence-corrected chi connectivity index (χ0v) is 28.3. The highest BCUT2D eigenvalue weighted by molar-refractivity contribution is 6.04. The Morgan fingerprint density at radius 1 is 0.704 bits per heavy atom. The van der Waals surface area contributed by atoms with Crippen molar-refractivity contribution in [3.63, 3.8) is 0 Å². The first-order chi connectivity index (χ1) is 26.5. The third-order valence-electron chi connectivity index (χ3n) is 8.49. The maximum Gasteiger partial charge on any atom is 0.252 e. The van der Waals surface area contributed by atoms with Crippen LogP contribution in [0, 0.1) is 31.8 Å². The Hall–Kier alpha value is -8.26. The molecule has 2 aliphatic rings. The van der Waals surface area contributed by atoms with Gasteiger partial charge in [0, 0.05) is 25.2 Å². The number of rotatable bonds is 8. The quantitative estimate of drug-likeness (QED) is 0.143. The molecule has 0 saturated carbocycles. The summed E-state index contributed by atoms with van der Waals surface area (Å²) < 4.78 is 2.93. The molecule has 0 aromatic carbocycles. The summed E-state index contributed by atoms with van der Waals surface area (Å²) in [5, 5.41) is 63.3. The molecule has 7 aromatic heterocycles. The summed E-state index contributed by atoms with van der Waals surface area (Å²) in [4.78, 5) is 15.2. The fraction of sp³-hybridized carbons (Fsp3) is 0.118. The maximum atomic E-state index is 9.66. The second-order valence-corrected chi connectivity index (χ2v) is 11.8. The summed E-state index contributed by atoms with van der Waals surface area (Å²) in [6.45, 7) is 11.2. The largest absolute Gasteiger partial charge is 0.252 e. The molecule has 258 valence electrons. The highest BCUT2D eigenvalue weighted by atomic mass is 15.6. The van der Waals surface area contributed by atoms with Crippen LogP contribution in [0.15, 0.2) is 104 Å². The van der Waals surface area contributed by atoms with Crippen LogP contribution in [0.3, 0.4) is 0 Å². The first kappa shape index (κ1) is 31.7. The number of aromatic nitrogens is 12. The fourth-order valence-electron chi connectivity index (χ4n) is 5.89. The van der Waals surface area contributed by atoms with Gasteiger partial charge in [-0.2, -0.15) is 50.1 Å². The van der Waals surface area contributed by atoms with E-state index >= 15 is 0 Å². The van der Waals surface area contributed by atoms with Crippen LogP contribution >= 0.6 is 0 Å². The van der Waals surface area contributed by atoms with E-state index in [-0.39, 0.29) is 22.9 Å². The number of hydrogen-bond donors (Lipinski definition) is 0. The van der Waals surface area contributed by atoms with Gasteiger partial charge in [-0.25, -0.2) is 19.5 Å². The van der Waals surface area contributed by atoms with E-state index in [1.807, 2.05) is 38.1 Å². The summed E-state index contributed by atoms with van der Waals surface area (Å²) in [6, 6.07) is 16.5. The molecule has 2 aliphatic heterocycles. The number of hydrogen-bond acceptors (Lipinski definition) is 15. The number of azo groups is 2. The molecule has 20 heteroatoms. The van der Waals surface area contributed by atoms with Gasteiger partial charge in [-0.3, -0.25) is 0 Å². The average Bonchev–Trinajstić information content (AvgIpc) is 4.06. The Morgan fingerprint density at radius 3 is 1.74 bits per heavy atom. The van der Waals surface area contributed by atoms with E-state index in [0.29, 0.717) is 75.7 Å². The van der Waals surface area contributed by atoms with E-state index in [0.717, 1.165) is 5.69 Å². The Balaban J connectivity index is 0.920. The van der Waals surface area contributed by atoms with Crippen LogP contribution in [0.4, 0.5) is 28.7 Å². The molecule has 0 bridgehead atoms. The van der Waals surface area contributed by atoms with E-state index in [4.69, 9.17) is 6.57 Å². The molecule has 9 rings (SSSR count). The predicted molar refractivity (Wildman–Crippen MR) is 189 cm³/mol. The summed E-state index contributed by atoms with van der Waals surface area (Å²) in [5.41, 5.74) is 6.66. The zero-order chi connectivity index (χ0) is 36.8. The number of nitriles is 1. The number of nitrogens with zero attached hydrogens (tertiary/aromatic N) is 20. The van der Waals surface area contributed by atoms with Gasteiger partial charge in [-0.15, -0.1) is 30.7 Å². The van der Waals surface area contributed by atoms with E-state index in [9.17, 15) is 5.26 Å². The molecular weight excluding hydrogens is 689 g/mol. The van der Waals surface area contributed by atoms with Crippen molar-refractivity contribution < 1.29 is 0 Å². The molecule has 0 fully saturated rings. The van der Waals surface area contributed by atoms with Gasteiger partial charge in [0.2, 0.25) is 0 Å². The van der Waals surface area contributed by atoms with Gasteiger partial charge < -0.3 is 0 Å². The molecule has 0 saturated heterocycles. The third-order valence-corrected chi connectivity index (χ3v) is 8.49. The van der Waals surface area contributed by atoms with Gasteiger partial charge in [-0.1, -0.05) is 12.1 Å². The lowest BCUT2D eigenvalue weighted by molar-refractivity contribution is 0.727. The van der Waals surface area contributed by atoms with Crippen LogP contribution in [0.5, 0.6) is 0 Å². The summed E-state index contributed by atoms with van der Waals surface area (Å²) in [6.07, 6.45) is 6.89. The van der Waals surface area contributed by atoms with Crippen LogP contribution in [0.2, 0.25) is 0 Å². The number of pyridine rings is 2. The topological polar surface area (TPSA) is 225 Å². The van der Waals surface area contributed by atoms with Crippen LogP contribution < -0.4 is 0 Å². The Bertz CT molecular complexity index is 2610. The maximum absolute atomic E-state index is 9.66.